The van der Waals surface area contributed by atoms with E-state index in [1.807, 2.05) is 0 Å². The largest absolute Gasteiger partial charge is 0.394 e. The summed E-state index contributed by atoms with van der Waals surface area (Å²) >= 11 is 0. The van der Waals surface area contributed by atoms with Crippen molar-refractivity contribution in [2.45, 2.75) is 37.9 Å². The maximum atomic E-state index is 10.8. The molecule has 1 unspecified atom stereocenters. The van der Waals surface area contributed by atoms with Crippen molar-refractivity contribution < 1.29 is 24.9 Å². The molecule has 0 bridgehead atoms. The number of nitrogens with one attached hydrogen (secondary N) is 1. The standard InChI is InChI=1S/C12H19N3O5/c1-7(17)13-3-2-8-4-15(6-14-8)12-11(19)10(18)9(5-16)20-12/h4,6,9-12,16,18-19H,2-3,5H2,1H3,(H,13,17)/t9-,10-,11-,12?/m1/s1. The van der Waals surface area contributed by atoms with Crippen LogP contribution in [0.1, 0.15) is 18.8 Å². The summed E-state index contributed by atoms with van der Waals surface area (Å²) in [6.45, 7) is 1.55. The van der Waals surface area contributed by atoms with E-state index in [0.29, 0.717) is 13.0 Å². The normalized spacial score (nSPS) is 29.6. The van der Waals surface area contributed by atoms with Gasteiger partial charge in [-0.2, -0.15) is 0 Å². The van der Waals surface area contributed by atoms with Gasteiger partial charge in [-0.3, -0.25) is 4.79 Å². The predicted octanol–water partition coefficient (Wildman–Crippen LogP) is -1.83. The van der Waals surface area contributed by atoms with Crippen LogP contribution in [0.25, 0.3) is 0 Å². The van der Waals surface area contributed by atoms with Gasteiger partial charge in [0.25, 0.3) is 0 Å². The Bertz CT molecular complexity index is 464. The summed E-state index contributed by atoms with van der Waals surface area (Å²) < 4.78 is 6.93. The summed E-state index contributed by atoms with van der Waals surface area (Å²) in [5.41, 5.74) is 0.733. The molecule has 0 spiro atoms. The predicted molar refractivity (Wildman–Crippen MR) is 67.6 cm³/mol. The number of aromatic nitrogens is 2. The number of ether oxygens (including phenoxy) is 1. The van der Waals surface area contributed by atoms with Crippen LogP contribution in [0.15, 0.2) is 12.5 Å². The summed E-state index contributed by atoms with van der Waals surface area (Å²) in [5.74, 6) is -0.104. The lowest BCUT2D eigenvalue weighted by molar-refractivity contribution is -0.118. The number of rotatable bonds is 5. The monoisotopic (exact) mass is 285 g/mol. The second-order valence-electron chi connectivity index (χ2n) is 4.77. The van der Waals surface area contributed by atoms with Crippen LogP contribution in [-0.2, 0) is 16.0 Å². The topological polar surface area (TPSA) is 117 Å². The minimum Gasteiger partial charge on any atom is -0.394 e. The van der Waals surface area contributed by atoms with E-state index in [0.717, 1.165) is 5.69 Å². The molecule has 4 N–H and O–H groups in total. The van der Waals surface area contributed by atoms with Crippen molar-refractivity contribution in [2.24, 2.45) is 0 Å². The number of carbonyl (C=O) groups is 1. The summed E-state index contributed by atoms with van der Waals surface area (Å²) in [6, 6.07) is 0. The van der Waals surface area contributed by atoms with Crippen molar-refractivity contribution in [3.63, 3.8) is 0 Å². The van der Waals surface area contributed by atoms with Gasteiger partial charge < -0.3 is 29.9 Å². The Morgan fingerprint density at radius 1 is 1.50 bits per heavy atom. The molecular formula is C12H19N3O5. The number of imidazole rings is 1. The fourth-order valence-electron chi connectivity index (χ4n) is 2.14. The third-order valence-corrected chi connectivity index (χ3v) is 3.22. The molecule has 2 rings (SSSR count). The molecule has 8 nitrogen and oxygen atoms in total. The lowest BCUT2D eigenvalue weighted by atomic mass is 10.1. The molecule has 1 amide bonds. The molecule has 1 aliphatic rings. The maximum Gasteiger partial charge on any atom is 0.216 e. The van der Waals surface area contributed by atoms with Gasteiger partial charge in [0.1, 0.15) is 18.3 Å². The number of nitrogens with zero attached hydrogens (tertiary/aromatic N) is 2. The van der Waals surface area contributed by atoms with E-state index >= 15 is 0 Å². The molecule has 1 aromatic rings. The first-order chi connectivity index (χ1) is 9.52. The van der Waals surface area contributed by atoms with Gasteiger partial charge in [-0.1, -0.05) is 0 Å². The molecule has 8 heteroatoms. The fraction of sp³-hybridized carbons (Fsp3) is 0.667. The SMILES string of the molecule is CC(=O)NCCc1cn(C2O[C@H](CO)[C@@H](O)[C@H]2O)cn1. The highest BCUT2D eigenvalue weighted by Crippen LogP contribution is 2.29. The van der Waals surface area contributed by atoms with E-state index in [2.05, 4.69) is 10.3 Å². The van der Waals surface area contributed by atoms with Gasteiger partial charge in [0, 0.05) is 26.1 Å². The van der Waals surface area contributed by atoms with Gasteiger partial charge in [0.05, 0.1) is 18.6 Å². The van der Waals surface area contributed by atoms with Crippen molar-refractivity contribution in [1.82, 2.24) is 14.9 Å². The molecule has 1 aliphatic heterocycles. The minimum absolute atomic E-state index is 0.104. The quantitative estimate of drug-likeness (QED) is 0.506. The minimum atomic E-state index is -1.13. The molecule has 0 saturated carbocycles. The van der Waals surface area contributed by atoms with Crippen LogP contribution < -0.4 is 5.32 Å². The Balaban J connectivity index is 1.97. The molecule has 1 aromatic heterocycles. The first kappa shape index (κ1) is 14.9. The van der Waals surface area contributed by atoms with E-state index in [1.165, 1.54) is 13.3 Å². The molecule has 0 aromatic carbocycles. The first-order valence-electron chi connectivity index (χ1n) is 6.42. The van der Waals surface area contributed by atoms with Crippen LogP contribution in [-0.4, -0.2) is 62.2 Å². The third-order valence-electron chi connectivity index (χ3n) is 3.22. The second-order valence-corrected chi connectivity index (χ2v) is 4.77. The zero-order valence-electron chi connectivity index (χ0n) is 11.1. The number of aliphatic hydroxyl groups excluding tert-OH is 3. The third kappa shape index (κ3) is 3.15. The van der Waals surface area contributed by atoms with Gasteiger partial charge in [-0.15, -0.1) is 0 Å². The zero-order chi connectivity index (χ0) is 14.7. The summed E-state index contributed by atoms with van der Waals surface area (Å²) in [4.78, 5) is 14.9. The average Bonchev–Trinajstić information content (AvgIpc) is 2.96. The van der Waals surface area contributed by atoms with Crippen molar-refractivity contribution in [2.75, 3.05) is 13.2 Å². The van der Waals surface area contributed by atoms with Crippen LogP contribution >= 0.6 is 0 Å². The number of amides is 1. The Morgan fingerprint density at radius 2 is 2.25 bits per heavy atom. The van der Waals surface area contributed by atoms with Gasteiger partial charge in [0.15, 0.2) is 6.23 Å². The van der Waals surface area contributed by atoms with Gasteiger partial charge >= 0.3 is 0 Å². The number of aliphatic hydroxyl groups is 3. The summed E-state index contributed by atoms with van der Waals surface area (Å²) in [6.07, 6.45) is -0.100. The highest BCUT2D eigenvalue weighted by Gasteiger charge is 2.43. The Hall–Kier alpha value is -1.48. The van der Waals surface area contributed by atoms with Crippen LogP contribution in [0.5, 0.6) is 0 Å². The number of hydrogen-bond donors (Lipinski definition) is 4. The van der Waals surface area contributed by atoms with Gasteiger partial charge in [-0.25, -0.2) is 4.98 Å². The summed E-state index contributed by atoms with van der Waals surface area (Å²) in [7, 11) is 0. The van der Waals surface area contributed by atoms with Crippen molar-refractivity contribution in [3.05, 3.63) is 18.2 Å². The average molecular weight is 285 g/mol. The number of carbonyl (C=O) groups excluding carboxylic acids is 1. The summed E-state index contributed by atoms with van der Waals surface area (Å²) in [5, 5.41) is 31.3. The molecule has 4 atom stereocenters. The Kier molecular flexibility index (Phi) is 4.71. The zero-order valence-corrected chi connectivity index (χ0v) is 11.1. The Morgan fingerprint density at radius 3 is 2.85 bits per heavy atom. The van der Waals surface area contributed by atoms with E-state index in [4.69, 9.17) is 9.84 Å². The number of hydrogen-bond acceptors (Lipinski definition) is 6. The van der Waals surface area contributed by atoms with E-state index in [9.17, 15) is 15.0 Å². The smallest absolute Gasteiger partial charge is 0.216 e. The van der Waals surface area contributed by atoms with E-state index < -0.39 is 24.5 Å². The molecule has 2 heterocycles. The van der Waals surface area contributed by atoms with Crippen LogP contribution in [0.3, 0.4) is 0 Å². The molecule has 112 valence electrons. The lowest BCUT2D eigenvalue weighted by Crippen LogP contribution is -2.33. The van der Waals surface area contributed by atoms with Crippen LogP contribution in [0.2, 0.25) is 0 Å². The van der Waals surface area contributed by atoms with Crippen LogP contribution in [0.4, 0.5) is 0 Å². The van der Waals surface area contributed by atoms with Crippen molar-refractivity contribution >= 4 is 5.91 Å². The van der Waals surface area contributed by atoms with E-state index in [1.54, 1.807) is 10.8 Å². The molecule has 0 aliphatic carbocycles. The molecule has 20 heavy (non-hydrogen) atoms. The van der Waals surface area contributed by atoms with Crippen molar-refractivity contribution in [3.8, 4) is 0 Å². The molecule has 1 saturated heterocycles. The lowest BCUT2D eigenvalue weighted by Gasteiger charge is -2.15. The highest BCUT2D eigenvalue weighted by atomic mass is 16.6. The van der Waals surface area contributed by atoms with Crippen molar-refractivity contribution in [1.29, 1.82) is 0 Å². The van der Waals surface area contributed by atoms with Crippen LogP contribution in [0, 0.1) is 0 Å². The van der Waals surface area contributed by atoms with Gasteiger partial charge in [0.2, 0.25) is 5.91 Å². The first-order valence-corrected chi connectivity index (χ1v) is 6.42. The molecular weight excluding hydrogens is 266 g/mol. The van der Waals surface area contributed by atoms with E-state index in [-0.39, 0.29) is 12.5 Å². The van der Waals surface area contributed by atoms with Gasteiger partial charge in [-0.05, 0) is 0 Å². The Labute approximate surface area is 116 Å². The molecule has 1 fully saturated rings. The molecule has 0 radical (unpaired) electrons. The maximum absolute atomic E-state index is 10.8. The highest BCUT2D eigenvalue weighted by molar-refractivity contribution is 5.72. The fourth-order valence-corrected chi connectivity index (χ4v) is 2.14. The second kappa shape index (κ2) is 6.31.